The topological polar surface area (TPSA) is 66.4 Å². The molecule has 2 aromatic rings. The Morgan fingerprint density at radius 3 is 2.38 bits per heavy atom. The van der Waals surface area contributed by atoms with E-state index in [0.717, 1.165) is 38.3 Å². The Morgan fingerprint density at radius 1 is 1.00 bits per heavy atom. The van der Waals surface area contributed by atoms with E-state index in [0.29, 0.717) is 18.0 Å². The lowest BCUT2D eigenvalue weighted by Gasteiger charge is -2.34. The molecule has 0 bridgehead atoms. The molecule has 1 saturated heterocycles. The van der Waals surface area contributed by atoms with E-state index in [1.54, 1.807) is 32.6 Å². The van der Waals surface area contributed by atoms with Crippen LogP contribution >= 0.6 is 0 Å². The number of piperazine rings is 1. The summed E-state index contributed by atoms with van der Waals surface area (Å²) in [5, 5.41) is 4.05. The first kappa shape index (κ1) is 20.8. The molecule has 0 unspecified atom stereocenters. The Kier molecular flexibility index (Phi) is 7.61. The van der Waals surface area contributed by atoms with Gasteiger partial charge < -0.3 is 9.47 Å². The molecule has 0 aromatic heterocycles. The van der Waals surface area contributed by atoms with Gasteiger partial charge in [-0.3, -0.25) is 14.6 Å². The fourth-order valence-corrected chi connectivity index (χ4v) is 3.30. The normalized spacial score (nSPS) is 15.4. The largest absolute Gasteiger partial charge is 0.493 e. The molecule has 0 radical (unpaired) electrons. The zero-order valence-corrected chi connectivity index (χ0v) is 17.0. The van der Waals surface area contributed by atoms with Gasteiger partial charge in [0.2, 0.25) is 0 Å². The maximum absolute atomic E-state index is 12.2. The number of carbonyl (C=O) groups is 1. The van der Waals surface area contributed by atoms with Crippen molar-refractivity contribution < 1.29 is 14.3 Å². The third-order valence-corrected chi connectivity index (χ3v) is 4.89. The first-order valence-corrected chi connectivity index (χ1v) is 9.70. The molecule has 154 valence electrons. The molecule has 0 aliphatic carbocycles. The SMILES string of the molecule is COc1ccc(/C=N\NC(=O)CN2CCN(Cc3ccccc3)CC2)cc1OC. The summed E-state index contributed by atoms with van der Waals surface area (Å²) in [6.07, 6.45) is 1.59. The van der Waals surface area contributed by atoms with E-state index < -0.39 is 0 Å². The molecular formula is C22H28N4O3. The molecule has 29 heavy (non-hydrogen) atoms. The molecule has 7 heteroatoms. The fraction of sp³-hybridized carbons (Fsp3) is 0.364. The van der Waals surface area contributed by atoms with Gasteiger partial charge in [-0.2, -0.15) is 5.10 Å². The van der Waals surface area contributed by atoms with E-state index in [2.05, 4.69) is 44.6 Å². The highest BCUT2D eigenvalue weighted by molar-refractivity contribution is 5.83. The molecule has 1 amide bonds. The van der Waals surface area contributed by atoms with Crippen LogP contribution in [0, 0.1) is 0 Å². The summed E-state index contributed by atoms with van der Waals surface area (Å²) in [6, 6.07) is 15.9. The zero-order valence-electron chi connectivity index (χ0n) is 17.0. The maximum atomic E-state index is 12.2. The Morgan fingerprint density at radius 2 is 1.69 bits per heavy atom. The Balaban J connectivity index is 1.40. The monoisotopic (exact) mass is 396 g/mol. The van der Waals surface area contributed by atoms with Crippen LogP contribution in [0.1, 0.15) is 11.1 Å². The molecule has 1 fully saturated rings. The number of hydrogen-bond donors (Lipinski definition) is 1. The average molecular weight is 396 g/mol. The molecule has 1 N–H and O–H groups in total. The van der Waals surface area contributed by atoms with Crippen molar-refractivity contribution in [1.82, 2.24) is 15.2 Å². The van der Waals surface area contributed by atoms with Gasteiger partial charge in [-0.15, -0.1) is 0 Å². The maximum Gasteiger partial charge on any atom is 0.254 e. The molecule has 1 heterocycles. The third-order valence-electron chi connectivity index (χ3n) is 4.89. The predicted molar refractivity (Wildman–Crippen MR) is 113 cm³/mol. The van der Waals surface area contributed by atoms with Crippen LogP contribution in [0.2, 0.25) is 0 Å². The number of rotatable bonds is 8. The standard InChI is InChI=1S/C22H28N4O3/c1-28-20-9-8-19(14-21(20)29-2)15-23-24-22(27)17-26-12-10-25(11-13-26)16-18-6-4-3-5-7-18/h3-9,14-15H,10-13,16-17H2,1-2H3,(H,24,27)/b23-15-. The van der Waals surface area contributed by atoms with Crippen molar-refractivity contribution in [2.45, 2.75) is 6.54 Å². The van der Waals surface area contributed by atoms with E-state index in [1.807, 2.05) is 12.1 Å². The van der Waals surface area contributed by atoms with Crippen molar-refractivity contribution in [1.29, 1.82) is 0 Å². The van der Waals surface area contributed by atoms with E-state index in [1.165, 1.54) is 5.56 Å². The Hall–Kier alpha value is -2.90. The Labute approximate surface area is 171 Å². The second-order valence-electron chi connectivity index (χ2n) is 6.95. The van der Waals surface area contributed by atoms with Crippen LogP contribution < -0.4 is 14.9 Å². The van der Waals surface area contributed by atoms with Crippen LogP contribution in [0.15, 0.2) is 53.6 Å². The zero-order chi connectivity index (χ0) is 20.5. The van der Waals surface area contributed by atoms with Gasteiger partial charge in [0.05, 0.1) is 27.0 Å². The minimum atomic E-state index is -0.113. The molecule has 1 aliphatic heterocycles. The molecule has 0 spiro atoms. The van der Waals surface area contributed by atoms with Crippen LogP contribution in [0.4, 0.5) is 0 Å². The van der Waals surface area contributed by atoms with E-state index in [9.17, 15) is 4.79 Å². The van der Waals surface area contributed by atoms with Gasteiger partial charge in [-0.25, -0.2) is 5.43 Å². The number of nitrogens with zero attached hydrogens (tertiary/aromatic N) is 3. The minimum Gasteiger partial charge on any atom is -0.493 e. The number of carbonyl (C=O) groups excluding carboxylic acids is 1. The number of ether oxygens (including phenoxy) is 2. The van der Waals surface area contributed by atoms with Gasteiger partial charge in [-0.05, 0) is 29.3 Å². The highest BCUT2D eigenvalue weighted by Crippen LogP contribution is 2.26. The van der Waals surface area contributed by atoms with Gasteiger partial charge in [0.1, 0.15) is 0 Å². The van der Waals surface area contributed by atoms with Crippen LogP contribution in [0.3, 0.4) is 0 Å². The summed E-state index contributed by atoms with van der Waals surface area (Å²) >= 11 is 0. The lowest BCUT2D eigenvalue weighted by molar-refractivity contribution is -0.122. The fourth-order valence-electron chi connectivity index (χ4n) is 3.30. The first-order chi connectivity index (χ1) is 14.2. The molecule has 0 atom stereocenters. The molecule has 3 rings (SSSR count). The third kappa shape index (κ3) is 6.30. The number of hydrazone groups is 1. The van der Waals surface area contributed by atoms with E-state index in [4.69, 9.17) is 9.47 Å². The number of amides is 1. The second-order valence-corrected chi connectivity index (χ2v) is 6.95. The van der Waals surface area contributed by atoms with Crippen molar-refractivity contribution in [3.63, 3.8) is 0 Å². The first-order valence-electron chi connectivity index (χ1n) is 9.70. The number of benzene rings is 2. The van der Waals surface area contributed by atoms with Crippen LogP contribution in [-0.4, -0.2) is 68.9 Å². The summed E-state index contributed by atoms with van der Waals surface area (Å²) in [6.45, 7) is 4.96. The van der Waals surface area contributed by atoms with Crippen molar-refractivity contribution in [3.8, 4) is 11.5 Å². The number of hydrogen-bond acceptors (Lipinski definition) is 6. The lowest BCUT2D eigenvalue weighted by atomic mass is 10.2. The van der Waals surface area contributed by atoms with Gasteiger partial charge in [0.15, 0.2) is 11.5 Å². The number of methoxy groups -OCH3 is 2. The smallest absolute Gasteiger partial charge is 0.254 e. The van der Waals surface area contributed by atoms with Crippen LogP contribution in [-0.2, 0) is 11.3 Å². The minimum absolute atomic E-state index is 0.113. The van der Waals surface area contributed by atoms with Gasteiger partial charge in [-0.1, -0.05) is 30.3 Å². The van der Waals surface area contributed by atoms with Crippen LogP contribution in [0.5, 0.6) is 11.5 Å². The highest BCUT2D eigenvalue weighted by Gasteiger charge is 2.18. The van der Waals surface area contributed by atoms with Gasteiger partial charge >= 0.3 is 0 Å². The molecule has 7 nitrogen and oxygen atoms in total. The van der Waals surface area contributed by atoms with Crippen molar-refractivity contribution in [3.05, 3.63) is 59.7 Å². The van der Waals surface area contributed by atoms with Crippen LogP contribution in [0.25, 0.3) is 0 Å². The highest BCUT2D eigenvalue weighted by atomic mass is 16.5. The summed E-state index contributed by atoms with van der Waals surface area (Å²) in [7, 11) is 3.17. The quantitative estimate of drug-likeness (QED) is 0.546. The van der Waals surface area contributed by atoms with Crippen molar-refractivity contribution in [2.24, 2.45) is 5.10 Å². The average Bonchev–Trinajstić information content (AvgIpc) is 2.75. The van der Waals surface area contributed by atoms with E-state index in [-0.39, 0.29) is 5.91 Å². The van der Waals surface area contributed by atoms with Crippen molar-refractivity contribution >= 4 is 12.1 Å². The predicted octanol–water partition coefficient (Wildman–Crippen LogP) is 1.97. The van der Waals surface area contributed by atoms with E-state index >= 15 is 0 Å². The summed E-state index contributed by atoms with van der Waals surface area (Å²) in [5.41, 5.74) is 4.74. The second kappa shape index (κ2) is 10.6. The summed E-state index contributed by atoms with van der Waals surface area (Å²) in [5.74, 6) is 1.16. The molecule has 0 saturated carbocycles. The summed E-state index contributed by atoms with van der Waals surface area (Å²) in [4.78, 5) is 16.7. The molecular weight excluding hydrogens is 368 g/mol. The Bertz CT molecular complexity index is 818. The molecule has 2 aromatic carbocycles. The molecule has 1 aliphatic rings. The van der Waals surface area contributed by atoms with Crippen molar-refractivity contribution in [2.75, 3.05) is 46.9 Å². The number of nitrogens with one attached hydrogen (secondary N) is 1. The lowest BCUT2D eigenvalue weighted by Crippen LogP contribution is -2.48. The summed E-state index contributed by atoms with van der Waals surface area (Å²) < 4.78 is 10.5. The van der Waals surface area contributed by atoms with Gasteiger partial charge in [0, 0.05) is 32.7 Å². The van der Waals surface area contributed by atoms with Gasteiger partial charge in [0.25, 0.3) is 5.91 Å².